The third-order valence-electron chi connectivity index (χ3n) is 1.69. The predicted octanol–water partition coefficient (Wildman–Crippen LogP) is 0.706. The lowest BCUT2D eigenvalue weighted by Gasteiger charge is -2.21. The van der Waals surface area contributed by atoms with Gasteiger partial charge in [-0.1, -0.05) is 0 Å². The van der Waals surface area contributed by atoms with Crippen LogP contribution < -0.4 is 5.48 Å². The predicted molar refractivity (Wildman–Crippen MR) is 38.6 cm³/mol. The lowest BCUT2D eigenvalue weighted by molar-refractivity contribution is -0.0637. The molecule has 1 fully saturated rings. The highest BCUT2D eigenvalue weighted by Gasteiger charge is 2.12. The fourth-order valence-electron chi connectivity index (χ4n) is 1.12. The van der Waals surface area contributed by atoms with Crippen molar-refractivity contribution in [2.45, 2.75) is 25.4 Å². The van der Waals surface area contributed by atoms with E-state index in [-0.39, 0.29) is 0 Å². The Hall–Kier alpha value is -0.120. The Balaban J connectivity index is 2.02. The van der Waals surface area contributed by atoms with Crippen molar-refractivity contribution in [3.8, 4) is 0 Å². The van der Waals surface area contributed by atoms with Crippen molar-refractivity contribution >= 4 is 0 Å². The van der Waals surface area contributed by atoms with Crippen molar-refractivity contribution in [2.24, 2.45) is 0 Å². The van der Waals surface area contributed by atoms with E-state index in [9.17, 15) is 0 Å². The smallest absolute Gasteiger partial charge is 0.0944 e. The summed E-state index contributed by atoms with van der Waals surface area (Å²) in [5.74, 6) is 0. The van der Waals surface area contributed by atoms with E-state index in [4.69, 9.17) is 9.57 Å². The van der Waals surface area contributed by atoms with Gasteiger partial charge in [0.25, 0.3) is 0 Å². The zero-order valence-electron chi connectivity index (χ0n) is 6.43. The van der Waals surface area contributed by atoms with E-state index >= 15 is 0 Å². The molecule has 1 aliphatic heterocycles. The highest BCUT2D eigenvalue weighted by atomic mass is 16.7. The van der Waals surface area contributed by atoms with Crippen molar-refractivity contribution in [3.05, 3.63) is 0 Å². The molecule has 1 unspecified atom stereocenters. The number of ether oxygens (including phenoxy) is 1. The highest BCUT2D eigenvalue weighted by molar-refractivity contribution is 4.61. The third-order valence-corrected chi connectivity index (χ3v) is 1.69. The van der Waals surface area contributed by atoms with Crippen LogP contribution in [0, 0.1) is 0 Å². The van der Waals surface area contributed by atoms with E-state index in [0.717, 1.165) is 13.0 Å². The average Bonchev–Trinajstić information content (AvgIpc) is 2.03. The number of hydroxylamine groups is 1. The summed E-state index contributed by atoms with van der Waals surface area (Å²) >= 11 is 0. The lowest BCUT2D eigenvalue weighted by atomic mass is 10.1. The first kappa shape index (κ1) is 7.98. The average molecular weight is 145 g/mol. The monoisotopic (exact) mass is 145 g/mol. The van der Waals surface area contributed by atoms with Crippen molar-refractivity contribution in [1.82, 2.24) is 5.48 Å². The molecule has 0 bridgehead atoms. The van der Waals surface area contributed by atoms with Crippen molar-refractivity contribution in [2.75, 3.05) is 20.3 Å². The molecule has 3 heteroatoms. The van der Waals surface area contributed by atoms with Crippen LogP contribution in [0.3, 0.4) is 0 Å². The molecule has 0 aromatic rings. The summed E-state index contributed by atoms with van der Waals surface area (Å²) in [6.07, 6.45) is 3.94. The van der Waals surface area contributed by atoms with E-state index in [2.05, 4.69) is 5.48 Å². The molecule has 0 spiro atoms. The van der Waals surface area contributed by atoms with Crippen LogP contribution in [0.1, 0.15) is 19.3 Å². The van der Waals surface area contributed by atoms with E-state index in [1.807, 2.05) is 0 Å². The second-order valence-electron chi connectivity index (χ2n) is 2.50. The van der Waals surface area contributed by atoms with Crippen LogP contribution >= 0.6 is 0 Å². The molecule has 10 heavy (non-hydrogen) atoms. The van der Waals surface area contributed by atoms with Crippen molar-refractivity contribution < 1.29 is 9.57 Å². The van der Waals surface area contributed by atoms with Gasteiger partial charge in [-0.05, 0) is 19.3 Å². The normalized spacial score (nSPS) is 26.7. The molecule has 0 amide bonds. The molecule has 1 rings (SSSR count). The zero-order valence-corrected chi connectivity index (χ0v) is 6.43. The molecule has 3 nitrogen and oxygen atoms in total. The third kappa shape index (κ3) is 2.64. The van der Waals surface area contributed by atoms with Crippen molar-refractivity contribution in [1.29, 1.82) is 0 Å². The first-order valence-electron chi connectivity index (χ1n) is 3.83. The minimum atomic E-state index is 0.321. The molecule has 1 heterocycles. The number of nitrogens with one attached hydrogen (secondary N) is 1. The molecule has 60 valence electrons. The number of rotatable bonds is 3. The van der Waals surface area contributed by atoms with Gasteiger partial charge in [-0.25, -0.2) is 5.48 Å². The molecule has 1 aliphatic rings. The van der Waals surface area contributed by atoms with Crippen LogP contribution in [0.5, 0.6) is 0 Å². The maximum atomic E-state index is 5.42. The summed E-state index contributed by atoms with van der Waals surface area (Å²) in [4.78, 5) is 5.00. The minimum Gasteiger partial charge on any atom is -0.376 e. The zero-order chi connectivity index (χ0) is 7.23. The van der Waals surface area contributed by atoms with Gasteiger partial charge in [0.05, 0.1) is 12.7 Å². The summed E-state index contributed by atoms with van der Waals surface area (Å²) in [6.45, 7) is 1.58. The Morgan fingerprint density at radius 3 is 3.10 bits per heavy atom. The van der Waals surface area contributed by atoms with Gasteiger partial charge in [0.15, 0.2) is 0 Å². The van der Waals surface area contributed by atoms with Gasteiger partial charge < -0.3 is 4.74 Å². The van der Waals surface area contributed by atoms with Crippen LogP contribution in [0.15, 0.2) is 0 Å². The van der Waals surface area contributed by atoms with E-state index in [1.54, 1.807) is 7.05 Å². The number of hydrogen-bond acceptors (Lipinski definition) is 3. The number of hydrogen-bond donors (Lipinski definition) is 1. The first-order chi connectivity index (χ1) is 4.93. The standard InChI is InChI=1S/C7H15NO2/c1-8-10-6-7-4-2-3-5-9-7/h7-8H,2-6H2,1H3. The summed E-state index contributed by atoms with van der Waals surface area (Å²) in [5, 5.41) is 0. The maximum absolute atomic E-state index is 5.42. The van der Waals surface area contributed by atoms with E-state index in [0.29, 0.717) is 12.7 Å². The Bertz CT molecular complexity index is 81.7. The molecule has 1 saturated heterocycles. The minimum absolute atomic E-state index is 0.321. The van der Waals surface area contributed by atoms with Crippen LogP contribution in [-0.4, -0.2) is 26.4 Å². The van der Waals surface area contributed by atoms with Gasteiger partial charge in [0, 0.05) is 13.7 Å². The molecule has 0 aromatic heterocycles. The van der Waals surface area contributed by atoms with Gasteiger partial charge in [-0.2, -0.15) is 0 Å². The van der Waals surface area contributed by atoms with Crippen LogP contribution in [0.4, 0.5) is 0 Å². The van der Waals surface area contributed by atoms with Crippen LogP contribution in [0.2, 0.25) is 0 Å². The summed E-state index contributed by atoms with van der Waals surface area (Å²) in [5.41, 5.74) is 2.63. The molecule has 0 saturated carbocycles. The second kappa shape index (κ2) is 4.66. The van der Waals surface area contributed by atoms with Crippen LogP contribution in [0.25, 0.3) is 0 Å². The van der Waals surface area contributed by atoms with Crippen LogP contribution in [-0.2, 0) is 9.57 Å². The van der Waals surface area contributed by atoms with Gasteiger partial charge in [-0.15, -0.1) is 0 Å². The molecular formula is C7H15NO2. The Kier molecular flexibility index (Phi) is 3.72. The quantitative estimate of drug-likeness (QED) is 0.593. The van der Waals surface area contributed by atoms with Gasteiger partial charge in [0.2, 0.25) is 0 Å². The Morgan fingerprint density at radius 2 is 2.50 bits per heavy atom. The molecule has 0 aromatic carbocycles. The summed E-state index contributed by atoms with van der Waals surface area (Å²) in [7, 11) is 1.77. The second-order valence-corrected chi connectivity index (χ2v) is 2.50. The van der Waals surface area contributed by atoms with Gasteiger partial charge in [-0.3, -0.25) is 4.84 Å². The fourth-order valence-corrected chi connectivity index (χ4v) is 1.12. The summed E-state index contributed by atoms with van der Waals surface area (Å²) in [6, 6.07) is 0. The largest absolute Gasteiger partial charge is 0.376 e. The fraction of sp³-hybridized carbons (Fsp3) is 1.00. The summed E-state index contributed by atoms with van der Waals surface area (Å²) < 4.78 is 5.42. The van der Waals surface area contributed by atoms with E-state index in [1.165, 1.54) is 12.8 Å². The molecule has 0 aliphatic carbocycles. The lowest BCUT2D eigenvalue weighted by Crippen LogP contribution is -2.26. The molecular weight excluding hydrogens is 130 g/mol. The van der Waals surface area contributed by atoms with E-state index < -0.39 is 0 Å². The topological polar surface area (TPSA) is 30.5 Å². The Labute approximate surface area is 61.7 Å². The SMILES string of the molecule is CNOCC1CCCCO1. The van der Waals surface area contributed by atoms with Crippen molar-refractivity contribution in [3.63, 3.8) is 0 Å². The first-order valence-corrected chi connectivity index (χ1v) is 3.83. The highest BCUT2D eigenvalue weighted by Crippen LogP contribution is 2.11. The Morgan fingerprint density at radius 1 is 1.60 bits per heavy atom. The molecule has 1 N–H and O–H groups in total. The van der Waals surface area contributed by atoms with Gasteiger partial charge >= 0.3 is 0 Å². The van der Waals surface area contributed by atoms with Gasteiger partial charge in [0.1, 0.15) is 0 Å². The molecule has 0 radical (unpaired) electrons. The molecule has 1 atom stereocenters. The maximum Gasteiger partial charge on any atom is 0.0944 e.